The number of hydrogen-bond donors (Lipinski definition) is 1. The lowest BCUT2D eigenvalue weighted by Crippen LogP contribution is -2.24. The number of aromatic nitrogens is 2. The molecule has 1 amide bonds. The molecule has 0 unspecified atom stereocenters. The van der Waals surface area contributed by atoms with Crippen LogP contribution in [0.15, 0.2) is 65.7 Å². The van der Waals surface area contributed by atoms with Crippen LogP contribution in [-0.2, 0) is 11.3 Å². The molecule has 0 atom stereocenters. The van der Waals surface area contributed by atoms with Crippen LogP contribution in [0.1, 0.15) is 42.9 Å². The van der Waals surface area contributed by atoms with Crippen molar-refractivity contribution in [3.63, 3.8) is 0 Å². The third-order valence-corrected chi connectivity index (χ3v) is 6.37. The van der Waals surface area contributed by atoms with Crippen LogP contribution in [0.2, 0.25) is 0 Å². The zero-order valence-electron chi connectivity index (χ0n) is 18.5. The Bertz CT molecular complexity index is 1440. The van der Waals surface area contributed by atoms with Gasteiger partial charge in [-0.05, 0) is 55.8 Å². The lowest BCUT2D eigenvalue weighted by atomic mass is 10.1. The number of nitrogens with zero attached hydrogens (tertiary/aromatic N) is 2. The zero-order valence-corrected chi connectivity index (χ0v) is 19.3. The first-order valence-electron chi connectivity index (χ1n) is 10.5. The number of thiophene rings is 1. The van der Waals surface area contributed by atoms with Crippen LogP contribution in [0, 0.1) is 6.92 Å². The molecule has 34 heavy (non-hydrogen) atoms. The highest BCUT2D eigenvalue weighted by molar-refractivity contribution is 7.20. The smallest absolute Gasteiger partial charge is 0.348 e. The second kappa shape index (κ2) is 9.80. The van der Waals surface area contributed by atoms with Crippen molar-refractivity contribution in [2.75, 3.05) is 11.9 Å². The van der Waals surface area contributed by atoms with Crippen LogP contribution >= 0.6 is 11.3 Å². The minimum absolute atomic E-state index is 0.207. The van der Waals surface area contributed by atoms with E-state index >= 15 is 0 Å². The third kappa shape index (κ3) is 4.65. The summed E-state index contributed by atoms with van der Waals surface area (Å²) in [6.45, 7) is 3.40. The Morgan fingerprint density at radius 1 is 1.03 bits per heavy atom. The minimum atomic E-state index is -0.496. The van der Waals surface area contributed by atoms with Crippen molar-refractivity contribution in [1.82, 2.24) is 9.55 Å². The lowest BCUT2D eigenvalue weighted by Gasteiger charge is -2.08. The van der Waals surface area contributed by atoms with Gasteiger partial charge in [0, 0.05) is 16.8 Å². The zero-order chi connectivity index (χ0) is 24.2. The van der Waals surface area contributed by atoms with Crippen molar-refractivity contribution in [2.45, 2.75) is 20.4 Å². The Hall–Kier alpha value is -4.11. The highest BCUT2D eigenvalue weighted by Crippen LogP contribution is 2.27. The van der Waals surface area contributed by atoms with Gasteiger partial charge in [0.15, 0.2) is 5.78 Å². The second-order valence-corrected chi connectivity index (χ2v) is 8.45. The molecule has 0 saturated carbocycles. The van der Waals surface area contributed by atoms with E-state index in [4.69, 9.17) is 4.74 Å². The van der Waals surface area contributed by atoms with Crippen molar-refractivity contribution in [3.05, 3.63) is 92.8 Å². The molecule has 9 heteroatoms. The second-order valence-electron chi connectivity index (χ2n) is 7.46. The molecule has 8 nitrogen and oxygen atoms in total. The van der Waals surface area contributed by atoms with Gasteiger partial charge in [-0.25, -0.2) is 9.78 Å². The van der Waals surface area contributed by atoms with Gasteiger partial charge < -0.3 is 10.1 Å². The summed E-state index contributed by atoms with van der Waals surface area (Å²) in [6.07, 6.45) is 1.31. The van der Waals surface area contributed by atoms with Crippen molar-refractivity contribution in [1.29, 1.82) is 0 Å². The molecule has 4 rings (SSSR count). The number of nitrogens with one attached hydrogen (secondary N) is 1. The first-order chi connectivity index (χ1) is 16.4. The van der Waals surface area contributed by atoms with E-state index in [1.807, 2.05) is 6.07 Å². The Morgan fingerprint density at radius 3 is 2.41 bits per heavy atom. The summed E-state index contributed by atoms with van der Waals surface area (Å²) < 4.78 is 6.27. The van der Waals surface area contributed by atoms with E-state index in [-0.39, 0.29) is 24.8 Å². The standard InChI is InChI=1S/C25H21N3O5S/c1-3-33-25(32)21-15(2)20-23(34-21)26-14-28(24(20)31)13-19(29)16-9-11-18(12-10-16)27-22(30)17-7-5-4-6-8-17/h4-12,14H,3,13H2,1-2H3,(H,27,30). The van der Waals surface area contributed by atoms with Crippen LogP contribution in [0.4, 0.5) is 5.69 Å². The lowest BCUT2D eigenvalue weighted by molar-refractivity contribution is 0.0531. The molecule has 172 valence electrons. The molecule has 0 aliphatic heterocycles. The molecule has 0 bridgehead atoms. The van der Waals surface area contributed by atoms with Gasteiger partial charge in [0.1, 0.15) is 9.71 Å². The number of amides is 1. The number of carbonyl (C=O) groups is 3. The summed E-state index contributed by atoms with van der Waals surface area (Å²) in [5.74, 6) is -1.04. The summed E-state index contributed by atoms with van der Waals surface area (Å²) in [5.41, 5.74) is 1.57. The number of Topliss-reactive ketones (excluding diaryl/α,β-unsaturated/α-hetero) is 1. The molecule has 2 aromatic carbocycles. The fourth-order valence-electron chi connectivity index (χ4n) is 3.44. The van der Waals surface area contributed by atoms with E-state index in [9.17, 15) is 19.2 Å². The molecule has 2 heterocycles. The molecule has 4 aromatic rings. The number of hydrogen-bond acceptors (Lipinski definition) is 7. The molecular weight excluding hydrogens is 454 g/mol. The van der Waals surface area contributed by atoms with E-state index in [0.717, 1.165) is 11.3 Å². The van der Waals surface area contributed by atoms with Gasteiger partial charge in [-0.2, -0.15) is 0 Å². The predicted molar refractivity (Wildman–Crippen MR) is 130 cm³/mol. The number of anilines is 1. The molecule has 0 aliphatic carbocycles. The highest BCUT2D eigenvalue weighted by Gasteiger charge is 2.21. The number of benzene rings is 2. The van der Waals surface area contributed by atoms with E-state index in [2.05, 4.69) is 10.3 Å². The van der Waals surface area contributed by atoms with Crippen molar-refractivity contribution < 1.29 is 19.1 Å². The van der Waals surface area contributed by atoms with E-state index in [1.165, 1.54) is 10.9 Å². The maximum atomic E-state index is 13.0. The van der Waals surface area contributed by atoms with Gasteiger partial charge in [-0.15, -0.1) is 11.3 Å². The summed E-state index contributed by atoms with van der Waals surface area (Å²) in [5, 5.41) is 3.09. The summed E-state index contributed by atoms with van der Waals surface area (Å²) in [7, 11) is 0. The largest absolute Gasteiger partial charge is 0.462 e. The van der Waals surface area contributed by atoms with Crippen molar-refractivity contribution >= 4 is 44.9 Å². The minimum Gasteiger partial charge on any atom is -0.462 e. The molecule has 2 aromatic heterocycles. The molecule has 0 radical (unpaired) electrons. The number of fused-ring (bicyclic) bond motifs is 1. The number of aryl methyl sites for hydroxylation is 1. The Morgan fingerprint density at radius 2 is 1.74 bits per heavy atom. The summed E-state index contributed by atoms with van der Waals surface area (Å²) in [4.78, 5) is 55.2. The van der Waals surface area contributed by atoms with Crippen LogP contribution < -0.4 is 10.9 Å². The van der Waals surface area contributed by atoms with Gasteiger partial charge in [0.05, 0.1) is 24.9 Å². The quantitative estimate of drug-likeness (QED) is 0.319. The Balaban J connectivity index is 1.51. The fraction of sp³-hybridized carbons (Fsp3) is 0.160. The van der Waals surface area contributed by atoms with Gasteiger partial charge in [0.2, 0.25) is 0 Å². The molecular formula is C25H21N3O5S. The van der Waals surface area contributed by atoms with Gasteiger partial charge >= 0.3 is 5.97 Å². The third-order valence-electron chi connectivity index (χ3n) is 5.19. The molecule has 0 aliphatic rings. The van der Waals surface area contributed by atoms with Crippen LogP contribution in [0.25, 0.3) is 10.2 Å². The Labute approximate surface area is 198 Å². The van der Waals surface area contributed by atoms with E-state index in [0.29, 0.717) is 37.5 Å². The van der Waals surface area contributed by atoms with Crippen molar-refractivity contribution in [3.8, 4) is 0 Å². The van der Waals surface area contributed by atoms with Crippen LogP contribution in [0.3, 0.4) is 0 Å². The maximum Gasteiger partial charge on any atom is 0.348 e. The molecule has 0 spiro atoms. The molecule has 0 fully saturated rings. The highest BCUT2D eigenvalue weighted by atomic mass is 32.1. The number of esters is 1. The number of ketones is 1. The summed E-state index contributed by atoms with van der Waals surface area (Å²) in [6, 6.07) is 15.2. The number of ether oxygens (including phenoxy) is 1. The van der Waals surface area contributed by atoms with E-state index in [1.54, 1.807) is 62.4 Å². The predicted octanol–water partition coefficient (Wildman–Crippen LogP) is 4.08. The SMILES string of the molecule is CCOC(=O)c1sc2ncn(CC(=O)c3ccc(NC(=O)c4ccccc4)cc3)c(=O)c2c1C. The Kier molecular flexibility index (Phi) is 6.65. The van der Waals surface area contributed by atoms with Crippen LogP contribution in [0.5, 0.6) is 0 Å². The summed E-state index contributed by atoms with van der Waals surface area (Å²) >= 11 is 1.10. The van der Waals surface area contributed by atoms with Gasteiger partial charge in [-0.1, -0.05) is 18.2 Å². The van der Waals surface area contributed by atoms with Crippen LogP contribution in [-0.4, -0.2) is 33.8 Å². The molecule has 0 saturated heterocycles. The normalized spacial score (nSPS) is 10.8. The topological polar surface area (TPSA) is 107 Å². The number of carbonyl (C=O) groups excluding carboxylic acids is 3. The first-order valence-corrected chi connectivity index (χ1v) is 11.4. The monoisotopic (exact) mass is 475 g/mol. The first kappa shape index (κ1) is 23.1. The van der Waals surface area contributed by atoms with Gasteiger partial charge in [0.25, 0.3) is 11.5 Å². The average molecular weight is 476 g/mol. The average Bonchev–Trinajstić information content (AvgIpc) is 3.19. The van der Waals surface area contributed by atoms with Gasteiger partial charge in [-0.3, -0.25) is 19.0 Å². The molecule has 1 N–H and O–H groups in total. The number of rotatable bonds is 7. The van der Waals surface area contributed by atoms with E-state index < -0.39 is 11.5 Å². The maximum absolute atomic E-state index is 13.0. The fourth-order valence-corrected chi connectivity index (χ4v) is 4.47. The van der Waals surface area contributed by atoms with Crippen molar-refractivity contribution in [2.24, 2.45) is 0 Å².